The molecule has 0 atom stereocenters. The number of nitrogens with zero attached hydrogens (tertiary/aromatic N) is 2. The largest absolute Gasteiger partial charge is 0.493 e. The van der Waals surface area contributed by atoms with Gasteiger partial charge in [-0.3, -0.25) is 9.59 Å². The Balaban J connectivity index is 1.45. The topological polar surface area (TPSA) is 95.0 Å². The number of rotatable bonds is 6. The van der Waals surface area contributed by atoms with Crippen LogP contribution >= 0.6 is 11.3 Å². The first kappa shape index (κ1) is 19.6. The van der Waals surface area contributed by atoms with Crippen molar-refractivity contribution in [2.24, 2.45) is 0 Å². The molecule has 9 heteroatoms. The quantitative estimate of drug-likeness (QED) is 0.443. The zero-order chi connectivity index (χ0) is 21.3. The Morgan fingerprint density at radius 1 is 1.00 bits per heavy atom. The summed E-state index contributed by atoms with van der Waals surface area (Å²) in [6, 6.07) is 11.8. The van der Waals surface area contributed by atoms with Gasteiger partial charge in [0.2, 0.25) is 0 Å². The van der Waals surface area contributed by atoms with Gasteiger partial charge in [-0.25, -0.2) is 14.7 Å². The first-order chi connectivity index (χ1) is 14.5. The fourth-order valence-corrected chi connectivity index (χ4v) is 3.81. The molecule has 2 heterocycles. The molecule has 0 unspecified atom stereocenters. The van der Waals surface area contributed by atoms with Crippen LogP contribution in [0.4, 0.5) is 0 Å². The average molecular weight is 424 g/mol. The van der Waals surface area contributed by atoms with E-state index >= 15 is 0 Å². The van der Waals surface area contributed by atoms with Crippen molar-refractivity contribution in [2.75, 3.05) is 21.0 Å². The second kappa shape index (κ2) is 7.96. The van der Waals surface area contributed by atoms with Crippen LogP contribution < -0.4 is 9.47 Å². The fourth-order valence-electron chi connectivity index (χ4n) is 3.02. The molecule has 152 valence electrons. The summed E-state index contributed by atoms with van der Waals surface area (Å²) < 4.78 is 15.7. The minimum absolute atomic E-state index is 0.0846. The van der Waals surface area contributed by atoms with Crippen LogP contribution in [0.25, 0.3) is 10.6 Å². The molecule has 0 spiro atoms. The number of hydrogen-bond acceptors (Lipinski definition) is 8. The Morgan fingerprint density at radius 3 is 2.30 bits per heavy atom. The van der Waals surface area contributed by atoms with E-state index in [2.05, 4.69) is 4.98 Å². The fraction of sp³-hybridized carbons (Fsp3) is 0.143. The van der Waals surface area contributed by atoms with Crippen molar-refractivity contribution in [1.82, 2.24) is 9.88 Å². The molecule has 0 aliphatic carbocycles. The van der Waals surface area contributed by atoms with E-state index in [1.165, 1.54) is 18.4 Å². The van der Waals surface area contributed by atoms with E-state index in [0.29, 0.717) is 27.6 Å². The zero-order valence-electron chi connectivity index (χ0n) is 16.1. The number of thiazole rings is 1. The minimum Gasteiger partial charge on any atom is -0.493 e. The van der Waals surface area contributed by atoms with Gasteiger partial charge < -0.3 is 14.2 Å². The van der Waals surface area contributed by atoms with Crippen molar-refractivity contribution < 1.29 is 28.6 Å². The number of amides is 2. The normalized spacial score (nSPS) is 12.7. The van der Waals surface area contributed by atoms with Gasteiger partial charge in [0.1, 0.15) is 5.01 Å². The van der Waals surface area contributed by atoms with E-state index in [-0.39, 0.29) is 5.69 Å². The van der Waals surface area contributed by atoms with Crippen molar-refractivity contribution in [1.29, 1.82) is 0 Å². The maximum atomic E-state index is 12.4. The second-order valence-corrected chi connectivity index (χ2v) is 7.11. The molecule has 2 amide bonds. The van der Waals surface area contributed by atoms with Gasteiger partial charge in [0.05, 0.1) is 25.3 Å². The Morgan fingerprint density at radius 2 is 1.67 bits per heavy atom. The van der Waals surface area contributed by atoms with Gasteiger partial charge in [-0.1, -0.05) is 12.1 Å². The zero-order valence-corrected chi connectivity index (χ0v) is 16.9. The lowest BCUT2D eigenvalue weighted by Gasteiger charge is -2.13. The Hall–Kier alpha value is -3.72. The van der Waals surface area contributed by atoms with E-state index < -0.39 is 24.5 Å². The predicted octanol–water partition coefficient (Wildman–Crippen LogP) is 3.24. The molecule has 0 radical (unpaired) electrons. The number of benzene rings is 2. The van der Waals surface area contributed by atoms with Crippen LogP contribution in [-0.4, -0.2) is 48.6 Å². The highest BCUT2D eigenvalue weighted by molar-refractivity contribution is 7.13. The molecule has 3 aromatic rings. The number of carbonyl (C=O) groups is 3. The summed E-state index contributed by atoms with van der Waals surface area (Å²) >= 11 is 1.26. The number of ether oxygens (including phenoxy) is 3. The molecule has 0 bridgehead atoms. The summed E-state index contributed by atoms with van der Waals surface area (Å²) in [5.74, 6) is -0.590. The van der Waals surface area contributed by atoms with Crippen LogP contribution in [-0.2, 0) is 4.74 Å². The highest BCUT2D eigenvalue weighted by atomic mass is 32.1. The Bertz CT molecular complexity index is 1120. The second-order valence-electron chi connectivity index (χ2n) is 6.25. The van der Waals surface area contributed by atoms with E-state index in [9.17, 15) is 14.4 Å². The number of imide groups is 1. The molecular formula is C21H16N2O6S. The molecule has 2 aromatic carbocycles. The average Bonchev–Trinajstić information content (AvgIpc) is 3.36. The number of hydrogen-bond donors (Lipinski definition) is 0. The lowest BCUT2D eigenvalue weighted by Crippen LogP contribution is -2.33. The molecule has 4 rings (SSSR count). The van der Waals surface area contributed by atoms with Crippen molar-refractivity contribution in [3.63, 3.8) is 0 Å². The molecule has 30 heavy (non-hydrogen) atoms. The summed E-state index contributed by atoms with van der Waals surface area (Å²) in [5, 5.41) is 2.14. The Labute approximate surface area is 175 Å². The molecule has 1 aliphatic rings. The predicted molar refractivity (Wildman–Crippen MR) is 108 cm³/mol. The molecule has 0 saturated heterocycles. The number of fused-ring (bicyclic) bond motifs is 1. The molecule has 8 nitrogen and oxygen atoms in total. The van der Waals surface area contributed by atoms with E-state index in [4.69, 9.17) is 14.2 Å². The number of methoxy groups -OCH3 is 2. The lowest BCUT2D eigenvalue weighted by molar-refractivity contribution is 0.0224. The third-order valence-electron chi connectivity index (χ3n) is 4.55. The van der Waals surface area contributed by atoms with E-state index in [1.807, 2.05) is 0 Å². The first-order valence-electron chi connectivity index (χ1n) is 8.83. The summed E-state index contributed by atoms with van der Waals surface area (Å²) in [6.45, 7) is -0.478. The third-order valence-corrected chi connectivity index (χ3v) is 5.44. The van der Waals surface area contributed by atoms with Crippen molar-refractivity contribution in [3.8, 4) is 22.1 Å². The molecule has 0 N–H and O–H groups in total. The van der Waals surface area contributed by atoms with Gasteiger partial charge >= 0.3 is 5.97 Å². The van der Waals surface area contributed by atoms with Crippen LogP contribution in [0.15, 0.2) is 47.8 Å². The summed E-state index contributed by atoms with van der Waals surface area (Å²) in [7, 11) is 3.08. The van der Waals surface area contributed by atoms with Gasteiger partial charge in [-0.2, -0.15) is 0 Å². The van der Waals surface area contributed by atoms with Crippen molar-refractivity contribution >= 4 is 29.1 Å². The monoisotopic (exact) mass is 424 g/mol. The lowest BCUT2D eigenvalue weighted by atomic mass is 10.1. The van der Waals surface area contributed by atoms with Crippen LogP contribution in [0.1, 0.15) is 31.2 Å². The van der Waals surface area contributed by atoms with Crippen LogP contribution in [0.2, 0.25) is 0 Å². The molecule has 1 aromatic heterocycles. The minimum atomic E-state index is -0.727. The van der Waals surface area contributed by atoms with E-state index in [0.717, 1.165) is 10.5 Å². The van der Waals surface area contributed by atoms with Gasteiger partial charge in [-0.15, -0.1) is 11.3 Å². The maximum Gasteiger partial charge on any atom is 0.359 e. The number of aromatic nitrogens is 1. The Kier molecular flexibility index (Phi) is 5.20. The molecular weight excluding hydrogens is 408 g/mol. The van der Waals surface area contributed by atoms with E-state index in [1.54, 1.807) is 55.0 Å². The van der Waals surface area contributed by atoms with Gasteiger partial charge in [0.25, 0.3) is 11.8 Å². The SMILES string of the molecule is COc1ccc(-c2nc(C(=O)OCN3C(=O)c4ccccc4C3=O)cs2)cc1OC. The smallest absolute Gasteiger partial charge is 0.359 e. The van der Waals surface area contributed by atoms with Gasteiger partial charge in [0, 0.05) is 10.9 Å². The first-order valence-corrected chi connectivity index (χ1v) is 9.71. The maximum absolute atomic E-state index is 12.4. The van der Waals surface area contributed by atoms with Gasteiger partial charge in [-0.05, 0) is 30.3 Å². The highest BCUT2D eigenvalue weighted by Gasteiger charge is 2.36. The van der Waals surface area contributed by atoms with Crippen LogP contribution in [0.5, 0.6) is 11.5 Å². The number of carbonyl (C=O) groups excluding carboxylic acids is 3. The summed E-state index contributed by atoms with van der Waals surface area (Å²) in [4.78, 5) is 42.2. The summed E-state index contributed by atoms with van der Waals surface area (Å²) in [5.41, 5.74) is 1.42. The van der Waals surface area contributed by atoms with Crippen molar-refractivity contribution in [3.05, 3.63) is 64.7 Å². The molecule has 0 saturated carbocycles. The van der Waals surface area contributed by atoms with Gasteiger partial charge in [0.15, 0.2) is 23.9 Å². The molecule has 1 aliphatic heterocycles. The molecule has 0 fully saturated rings. The third kappa shape index (κ3) is 3.39. The summed E-state index contributed by atoms with van der Waals surface area (Å²) in [6.07, 6.45) is 0. The number of esters is 1. The standard InChI is InChI=1S/C21H16N2O6S/c1-27-16-8-7-12(9-17(16)28-2)18-22-15(10-30-18)21(26)29-11-23-19(24)13-5-3-4-6-14(13)20(23)25/h3-10H,11H2,1-2H3. The van der Waals surface area contributed by atoms with Crippen LogP contribution in [0.3, 0.4) is 0 Å². The van der Waals surface area contributed by atoms with Crippen molar-refractivity contribution in [2.45, 2.75) is 0 Å². The van der Waals surface area contributed by atoms with Crippen LogP contribution in [0, 0.1) is 0 Å². The highest BCUT2D eigenvalue weighted by Crippen LogP contribution is 2.33.